The number of para-hydroxylation sites is 1. The van der Waals surface area contributed by atoms with E-state index in [-0.39, 0.29) is 24.1 Å². The van der Waals surface area contributed by atoms with Gasteiger partial charge in [0.05, 0.1) is 25.3 Å². The summed E-state index contributed by atoms with van der Waals surface area (Å²) in [5, 5.41) is 2.24. The van der Waals surface area contributed by atoms with Gasteiger partial charge in [0.1, 0.15) is 17.8 Å². The zero-order valence-electron chi connectivity index (χ0n) is 21.4. The van der Waals surface area contributed by atoms with Crippen LogP contribution in [0.3, 0.4) is 0 Å². The Hall–Kier alpha value is -4.35. The number of rotatable bonds is 3. The number of nitrogens with zero attached hydrogens (tertiary/aromatic N) is 1. The van der Waals surface area contributed by atoms with E-state index < -0.39 is 0 Å². The quantitative estimate of drug-likeness (QED) is 0.252. The third-order valence-corrected chi connectivity index (χ3v) is 8.49. The van der Waals surface area contributed by atoms with Gasteiger partial charge in [-0.15, -0.1) is 0 Å². The van der Waals surface area contributed by atoms with Gasteiger partial charge in [0.15, 0.2) is 0 Å². The van der Waals surface area contributed by atoms with Crippen LogP contribution in [0, 0.1) is 0 Å². The highest BCUT2D eigenvalue weighted by atomic mass is 16.6. The second kappa shape index (κ2) is 8.85. The van der Waals surface area contributed by atoms with Crippen molar-refractivity contribution in [3.63, 3.8) is 0 Å². The summed E-state index contributed by atoms with van der Waals surface area (Å²) in [6.45, 7) is 1.31. The maximum absolute atomic E-state index is 13.5. The SMILES string of the molecule is O=C(OCC1c2ccccc2-c2ccccc21)N1C2C=C(c3ccc4oc5ccccc5c4c3)CC1COC2. The van der Waals surface area contributed by atoms with Crippen molar-refractivity contribution in [3.05, 3.63) is 114 Å². The molecule has 192 valence electrons. The molecule has 0 spiro atoms. The van der Waals surface area contributed by atoms with Gasteiger partial charge in [-0.25, -0.2) is 4.79 Å². The first-order chi connectivity index (χ1) is 19.2. The average molecular weight is 514 g/mol. The Kier molecular flexibility index (Phi) is 5.13. The molecule has 2 bridgehead atoms. The molecule has 2 unspecified atom stereocenters. The molecule has 8 rings (SSSR count). The van der Waals surface area contributed by atoms with Crippen LogP contribution in [0.1, 0.15) is 29.0 Å². The van der Waals surface area contributed by atoms with E-state index in [1.807, 2.05) is 23.1 Å². The number of hydrogen-bond acceptors (Lipinski definition) is 4. The summed E-state index contributed by atoms with van der Waals surface area (Å²) in [4.78, 5) is 15.4. The predicted octanol–water partition coefficient (Wildman–Crippen LogP) is 7.39. The number of hydrogen-bond donors (Lipinski definition) is 0. The van der Waals surface area contributed by atoms with E-state index in [1.165, 1.54) is 27.8 Å². The zero-order chi connectivity index (χ0) is 25.9. The van der Waals surface area contributed by atoms with Gasteiger partial charge >= 0.3 is 6.09 Å². The second-order valence-corrected chi connectivity index (χ2v) is 10.7. The number of amides is 1. The van der Waals surface area contributed by atoms with E-state index in [2.05, 4.69) is 78.9 Å². The summed E-state index contributed by atoms with van der Waals surface area (Å²) >= 11 is 0. The molecular weight excluding hydrogens is 486 g/mol. The predicted molar refractivity (Wildman–Crippen MR) is 152 cm³/mol. The fourth-order valence-corrected chi connectivity index (χ4v) is 6.69. The van der Waals surface area contributed by atoms with E-state index in [0.717, 1.165) is 33.9 Å². The van der Waals surface area contributed by atoms with Crippen LogP contribution in [0.5, 0.6) is 0 Å². The first kappa shape index (κ1) is 22.6. The highest BCUT2D eigenvalue weighted by Gasteiger charge is 2.40. The topological polar surface area (TPSA) is 51.9 Å². The zero-order valence-corrected chi connectivity index (χ0v) is 21.4. The molecule has 2 atom stereocenters. The van der Waals surface area contributed by atoms with Crippen LogP contribution in [0.25, 0.3) is 38.6 Å². The molecule has 1 saturated heterocycles. The van der Waals surface area contributed by atoms with Crippen LogP contribution in [0.2, 0.25) is 0 Å². The van der Waals surface area contributed by atoms with Crippen LogP contribution in [-0.4, -0.2) is 42.9 Å². The Morgan fingerprint density at radius 1 is 0.821 bits per heavy atom. The van der Waals surface area contributed by atoms with Gasteiger partial charge < -0.3 is 13.9 Å². The molecule has 5 nitrogen and oxygen atoms in total. The number of ether oxygens (including phenoxy) is 2. The summed E-state index contributed by atoms with van der Waals surface area (Å²) in [7, 11) is 0. The van der Waals surface area contributed by atoms with Crippen molar-refractivity contribution in [2.45, 2.75) is 24.4 Å². The summed E-state index contributed by atoms with van der Waals surface area (Å²) in [5.41, 5.74) is 9.09. The lowest BCUT2D eigenvalue weighted by Gasteiger charge is -2.44. The first-order valence-corrected chi connectivity index (χ1v) is 13.6. The summed E-state index contributed by atoms with van der Waals surface area (Å²) in [6, 6.07) is 31.1. The lowest BCUT2D eigenvalue weighted by Crippen LogP contribution is -2.56. The number of carbonyl (C=O) groups is 1. The Labute approximate surface area is 226 Å². The molecular formula is C34H27NO4. The Bertz CT molecular complexity index is 1740. The fourth-order valence-electron chi connectivity index (χ4n) is 6.69. The van der Waals surface area contributed by atoms with Gasteiger partial charge in [-0.05, 0) is 58.0 Å². The van der Waals surface area contributed by atoms with Gasteiger partial charge in [0.2, 0.25) is 0 Å². The van der Waals surface area contributed by atoms with Crippen molar-refractivity contribution in [2.24, 2.45) is 0 Å². The number of carbonyl (C=O) groups excluding carboxylic acids is 1. The lowest BCUT2D eigenvalue weighted by atomic mass is 9.89. The molecule has 3 aliphatic rings. The van der Waals surface area contributed by atoms with Crippen LogP contribution < -0.4 is 0 Å². The summed E-state index contributed by atoms with van der Waals surface area (Å²) in [6.07, 6.45) is 2.64. The molecule has 1 aromatic heterocycles. The number of fused-ring (bicyclic) bond motifs is 8. The van der Waals surface area contributed by atoms with Gasteiger partial charge in [0.25, 0.3) is 0 Å². The maximum Gasteiger partial charge on any atom is 0.410 e. The minimum Gasteiger partial charge on any atom is -0.456 e. The van der Waals surface area contributed by atoms with Gasteiger partial charge in [-0.2, -0.15) is 0 Å². The van der Waals surface area contributed by atoms with Crippen LogP contribution in [0.4, 0.5) is 4.79 Å². The van der Waals surface area contributed by atoms with Gasteiger partial charge in [-0.3, -0.25) is 4.90 Å². The molecule has 3 heterocycles. The molecule has 0 radical (unpaired) electrons. The highest BCUT2D eigenvalue weighted by Crippen LogP contribution is 2.45. The van der Waals surface area contributed by atoms with Crippen molar-refractivity contribution < 1.29 is 18.7 Å². The van der Waals surface area contributed by atoms with Gasteiger partial charge in [-0.1, -0.05) is 78.9 Å². The first-order valence-electron chi connectivity index (χ1n) is 13.6. The Morgan fingerprint density at radius 2 is 1.54 bits per heavy atom. The Balaban J connectivity index is 1.06. The van der Waals surface area contributed by atoms with E-state index in [0.29, 0.717) is 19.8 Å². The summed E-state index contributed by atoms with van der Waals surface area (Å²) in [5.74, 6) is 0.0462. The van der Waals surface area contributed by atoms with E-state index in [1.54, 1.807) is 0 Å². The maximum atomic E-state index is 13.5. The van der Waals surface area contributed by atoms with E-state index in [4.69, 9.17) is 13.9 Å². The molecule has 0 N–H and O–H groups in total. The molecule has 2 aliphatic heterocycles. The molecule has 4 aromatic carbocycles. The van der Waals surface area contributed by atoms with Crippen molar-refractivity contribution in [1.82, 2.24) is 4.90 Å². The summed E-state index contributed by atoms with van der Waals surface area (Å²) < 4.78 is 17.9. The van der Waals surface area contributed by atoms with E-state index in [9.17, 15) is 4.79 Å². The normalized spacial score (nSPS) is 20.1. The molecule has 0 saturated carbocycles. The van der Waals surface area contributed by atoms with Crippen molar-refractivity contribution in [2.75, 3.05) is 19.8 Å². The molecule has 5 aromatic rings. The number of morpholine rings is 1. The average Bonchev–Trinajstić information content (AvgIpc) is 3.50. The third kappa shape index (κ3) is 3.61. The minimum absolute atomic E-state index is 0.0462. The van der Waals surface area contributed by atoms with Crippen LogP contribution in [0.15, 0.2) is 101 Å². The standard InChI is InChI=1S/C34H27NO4/c36-34(38-20-31-27-9-3-1-7-25(27)26-8-2-4-10-28(26)31)35-23-15-22(16-24(35)19-37-18-23)21-13-14-33-30(17-21)29-11-5-6-12-32(29)39-33/h1-15,17,23-24,31H,16,18-20H2. The number of benzene rings is 4. The van der Waals surface area contributed by atoms with Crippen molar-refractivity contribution in [1.29, 1.82) is 0 Å². The number of furan rings is 1. The fraction of sp³-hybridized carbons (Fsp3) is 0.206. The molecule has 5 heteroatoms. The minimum atomic E-state index is -0.262. The van der Waals surface area contributed by atoms with Crippen molar-refractivity contribution >= 4 is 33.6 Å². The smallest absolute Gasteiger partial charge is 0.410 e. The molecule has 39 heavy (non-hydrogen) atoms. The van der Waals surface area contributed by atoms with Crippen LogP contribution >= 0.6 is 0 Å². The lowest BCUT2D eigenvalue weighted by molar-refractivity contribution is -0.0331. The second-order valence-electron chi connectivity index (χ2n) is 10.7. The van der Waals surface area contributed by atoms with E-state index >= 15 is 0 Å². The Morgan fingerprint density at radius 3 is 2.33 bits per heavy atom. The van der Waals surface area contributed by atoms with Crippen molar-refractivity contribution in [3.8, 4) is 11.1 Å². The largest absolute Gasteiger partial charge is 0.456 e. The van der Waals surface area contributed by atoms with Gasteiger partial charge in [0, 0.05) is 16.7 Å². The molecule has 1 amide bonds. The molecule has 1 fully saturated rings. The van der Waals surface area contributed by atoms with Crippen LogP contribution in [-0.2, 0) is 9.47 Å². The third-order valence-electron chi connectivity index (χ3n) is 8.49. The monoisotopic (exact) mass is 513 g/mol. The molecule has 1 aliphatic carbocycles. The highest BCUT2D eigenvalue weighted by molar-refractivity contribution is 6.05.